The first-order chi connectivity index (χ1) is 19.2. The number of anilines is 2. The Bertz CT molecular complexity index is 1610. The molecule has 2 aromatic heterocycles. The van der Waals surface area contributed by atoms with Crippen molar-refractivity contribution in [3.63, 3.8) is 0 Å². The second-order valence-electron chi connectivity index (χ2n) is 8.47. The van der Waals surface area contributed by atoms with Gasteiger partial charge in [0.1, 0.15) is 11.5 Å². The molecule has 0 bridgehead atoms. The summed E-state index contributed by atoms with van der Waals surface area (Å²) >= 11 is 2.99. The van der Waals surface area contributed by atoms with Crippen LogP contribution in [0.5, 0.6) is 11.5 Å². The second-order valence-corrected chi connectivity index (χ2v) is 10.5. The van der Waals surface area contributed by atoms with Crippen molar-refractivity contribution in [1.29, 1.82) is 0 Å². The van der Waals surface area contributed by atoms with Gasteiger partial charge in [-0.05, 0) is 48.5 Å². The topological polar surface area (TPSA) is 82.4 Å². The minimum Gasteiger partial charge on any atom is -0.497 e. The number of para-hydroxylation sites is 2. The predicted octanol–water partition coefficient (Wildman–Crippen LogP) is 6.27. The van der Waals surface area contributed by atoms with Crippen LogP contribution >= 0.6 is 23.5 Å². The molecular weight excluding hydrogens is 530 g/mol. The molecule has 194 valence electrons. The Hall–Kier alpha value is -4.28. The summed E-state index contributed by atoms with van der Waals surface area (Å²) in [5.74, 6) is 1.97. The number of rotatable bonds is 7. The smallest absolute Gasteiger partial charge is 0.242 e. The third kappa shape index (κ3) is 4.73. The number of carbonyl (C=O) groups is 1. The molecule has 0 radical (unpaired) electrons. The molecular formula is C29H23N5O3S2. The summed E-state index contributed by atoms with van der Waals surface area (Å²) in [6, 6.07) is 25.2. The average molecular weight is 554 g/mol. The van der Waals surface area contributed by atoms with E-state index in [0.29, 0.717) is 28.2 Å². The van der Waals surface area contributed by atoms with E-state index in [1.165, 1.54) is 11.8 Å². The van der Waals surface area contributed by atoms with Crippen LogP contribution in [0.3, 0.4) is 0 Å². The van der Waals surface area contributed by atoms with E-state index >= 15 is 0 Å². The Morgan fingerprint density at radius 1 is 0.846 bits per heavy atom. The summed E-state index contributed by atoms with van der Waals surface area (Å²) in [4.78, 5) is 21.8. The number of amides is 1. The number of carbonyl (C=O) groups excluding carboxylic acids is 1. The monoisotopic (exact) mass is 553 g/mol. The van der Waals surface area contributed by atoms with Gasteiger partial charge in [-0.1, -0.05) is 47.8 Å². The Morgan fingerprint density at radius 3 is 2.21 bits per heavy atom. The first kappa shape index (κ1) is 25.0. The van der Waals surface area contributed by atoms with Crippen LogP contribution < -0.4 is 14.4 Å². The number of hydrogen-bond donors (Lipinski definition) is 0. The molecule has 10 heteroatoms. The minimum absolute atomic E-state index is 0.0576. The second kappa shape index (κ2) is 10.8. The highest BCUT2D eigenvalue weighted by Gasteiger charge is 2.29. The number of thioether (sulfide) groups is 1. The van der Waals surface area contributed by atoms with Gasteiger partial charge in [0.2, 0.25) is 5.91 Å². The van der Waals surface area contributed by atoms with Crippen LogP contribution in [-0.4, -0.2) is 45.6 Å². The van der Waals surface area contributed by atoms with Crippen LogP contribution in [0, 0.1) is 0 Å². The van der Waals surface area contributed by atoms with Crippen LogP contribution in [0.25, 0.3) is 17.1 Å². The molecule has 0 saturated carbocycles. The van der Waals surface area contributed by atoms with E-state index in [1.54, 1.807) is 43.3 Å². The molecule has 0 fully saturated rings. The normalized spacial score (nSPS) is 12.0. The number of nitrogens with zero attached hydrogens (tertiary/aromatic N) is 5. The Labute approximate surface area is 234 Å². The van der Waals surface area contributed by atoms with E-state index < -0.39 is 0 Å². The van der Waals surface area contributed by atoms with E-state index in [4.69, 9.17) is 9.47 Å². The van der Waals surface area contributed by atoms with Crippen molar-refractivity contribution in [2.75, 3.05) is 24.9 Å². The first-order valence-electron chi connectivity index (χ1n) is 12.1. The Kier molecular flexibility index (Phi) is 6.95. The first-order valence-corrected chi connectivity index (χ1v) is 13.9. The number of pyridine rings is 1. The number of hydrogen-bond acceptors (Lipinski definition) is 8. The van der Waals surface area contributed by atoms with Gasteiger partial charge in [-0.25, -0.2) is 0 Å². The van der Waals surface area contributed by atoms with E-state index in [9.17, 15) is 4.79 Å². The zero-order valence-corrected chi connectivity index (χ0v) is 22.8. The molecule has 0 unspecified atom stereocenters. The van der Waals surface area contributed by atoms with Crippen molar-refractivity contribution < 1.29 is 14.3 Å². The molecule has 0 spiro atoms. The quantitative estimate of drug-likeness (QED) is 0.218. The van der Waals surface area contributed by atoms with Crippen molar-refractivity contribution in [3.8, 4) is 28.6 Å². The zero-order valence-electron chi connectivity index (χ0n) is 21.1. The molecule has 1 amide bonds. The maximum Gasteiger partial charge on any atom is 0.242 e. The molecule has 1 aliphatic heterocycles. The van der Waals surface area contributed by atoms with Crippen LogP contribution in [0.4, 0.5) is 11.4 Å². The zero-order chi connectivity index (χ0) is 26.8. The number of methoxy groups -OCH3 is 2. The van der Waals surface area contributed by atoms with Gasteiger partial charge in [0, 0.05) is 33.8 Å². The fourth-order valence-electron chi connectivity index (χ4n) is 4.40. The van der Waals surface area contributed by atoms with Crippen molar-refractivity contribution in [3.05, 3.63) is 91.3 Å². The van der Waals surface area contributed by atoms with Gasteiger partial charge >= 0.3 is 0 Å². The predicted molar refractivity (Wildman–Crippen MR) is 153 cm³/mol. The summed E-state index contributed by atoms with van der Waals surface area (Å²) in [5.41, 5.74) is 3.28. The van der Waals surface area contributed by atoms with Crippen LogP contribution in [-0.2, 0) is 4.79 Å². The van der Waals surface area contributed by atoms with E-state index in [1.807, 2.05) is 83.4 Å². The summed E-state index contributed by atoms with van der Waals surface area (Å²) in [5, 5.41) is 9.54. The molecule has 0 aliphatic carbocycles. The standard InChI is InChI=1S/C29H23N5O3S2/c1-36-20-11-12-24(37-2)23(17-20)34-28(19-13-15-30-16-14-19)31-32-29(34)38-18-27(35)33-21-7-3-5-9-25(21)39-26-10-6-4-8-22(26)33/h3-17H,18H2,1-2H3. The molecule has 5 aromatic rings. The maximum atomic E-state index is 13.8. The van der Waals surface area contributed by atoms with Crippen molar-refractivity contribution in [1.82, 2.24) is 19.7 Å². The summed E-state index contributed by atoms with van der Waals surface area (Å²) in [6.45, 7) is 0. The fraction of sp³-hybridized carbons (Fsp3) is 0.103. The number of benzene rings is 3. The summed E-state index contributed by atoms with van der Waals surface area (Å²) < 4.78 is 13.1. The lowest BCUT2D eigenvalue weighted by Gasteiger charge is -2.30. The maximum absolute atomic E-state index is 13.8. The lowest BCUT2D eigenvalue weighted by molar-refractivity contribution is -0.115. The van der Waals surface area contributed by atoms with Gasteiger partial charge < -0.3 is 9.47 Å². The van der Waals surface area contributed by atoms with Gasteiger partial charge in [-0.15, -0.1) is 10.2 Å². The highest BCUT2D eigenvalue weighted by atomic mass is 32.2. The van der Waals surface area contributed by atoms with Crippen molar-refractivity contribution >= 4 is 40.8 Å². The fourth-order valence-corrected chi connectivity index (χ4v) is 6.26. The van der Waals surface area contributed by atoms with Gasteiger partial charge in [0.15, 0.2) is 11.0 Å². The molecule has 0 N–H and O–H groups in total. The van der Waals surface area contributed by atoms with E-state index in [0.717, 1.165) is 26.7 Å². The lowest BCUT2D eigenvalue weighted by atomic mass is 10.2. The SMILES string of the molecule is COc1ccc(OC)c(-n2c(SCC(=O)N3c4ccccc4Sc4ccccc43)nnc2-c2ccncc2)c1. The number of aromatic nitrogens is 4. The number of ether oxygens (including phenoxy) is 2. The lowest BCUT2D eigenvalue weighted by Crippen LogP contribution is -2.30. The van der Waals surface area contributed by atoms with Gasteiger partial charge in [0.05, 0.1) is 37.0 Å². The Morgan fingerprint density at radius 2 is 1.54 bits per heavy atom. The van der Waals surface area contributed by atoms with Gasteiger partial charge in [-0.3, -0.25) is 19.2 Å². The highest BCUT2D eigenvalue weighted by molar-refractivity contribution is 8.00. The molecule has 0 saturated heterocycles. The third-order valence-electron chi connectivity index (χ3n) is 6.21. The molecule has 39 heavy (non-hydrogen) atoms. The average Bonchev–Trinajstić information content (AvgIpc) is 3.42. The minimum atomic E-state index is -0.0576. The van der Waals surface area contributed by atoms with Crippen LogP contribution in [0.15, 0.2) is 106 Å². The summed E-state index contributed by atoms with van der Waals surface area (Å²) in [7, 11) is 3.23. The molecule has 0 atom stereocenters. The highest BCUT2D eigenvalue weighted by Crippen LogP contribution is 2.48. The van der Waals surface area contributed by atoms with Gasteiger partial charge in [0.25, 0.3) is 0 Å². The Balaban J connectivity index is 1.39. The van der Waals surface area contributed by atoms with E-state index in [2.05, 4.69) is 15.2 Å². The van der Waals surface area contributed by atoms with Crippen LogP contribution in [0.1, 0.15) is 0 Å². The van der Waals surface area contributed by atoms with E-state index in [-0.39, 0.29) is 11.7 Å². The summed E-state index contributed by atoms with van der Waals surface area (Å²) in [6.07, 6.45) is 3.41. The van der Waals surface area contributed by atoms with Crippen molar-refractivity contribution in [2.45, 2.75) is 14.9 Å². The third-order valence-corrected chi connectivity index (χ3v) is 8.25. The molecule has 8 nitrogen and oxygen atoms in total. The molecule has 3 heterocycles. The largest absolute Gasteiger partial charge is 0.497 e. The molecule has 6 rings (SSSR count). The van der Waals surface area contributed by atoms with Gasteiger partial charge in [-0.2, -0.15) is 0 Å². The van der Waals surface area contributed by atoms with Crippen LogP contribution in [0.2, 0.25) is 0 Å². The molecule has 1 aliphatic rings. The number of fused-ring (bicyclic) bond motifs is 2. The molecule has 3 aromatic carbocycles. The van der Waals surface area contributed by atoms with Crippen molar-refractivity contribution in [2.24, 2.45) is 0 Å².